The average molecular weight is 236 g/mol. The van der Waals surface area contributed by atoms with Crippen LogP contribution in [0.25, 0.3) is 0 Å². The van der Waals surface area contributed by atoms with Crippen LogP contribution in [0.4, 0.5) is 4.39 Å². The predicted octanol–water partition coefficient (Wildman–Crippen LogP) is 3.31. The molecule has 1 aromatic carbocycles. The van der Waals surface area contributed by atoms with Crippen LogP contribution in [0.1, 0.15) is 44.2 Å². The van der Waals surface area contributed by atoms with Crippen molar-refractivity contribution in [3.05, 3.63) is 35.1 Å². The maximum absolute atomic E-state index is 13.9. The van der Waals surface area contributed by atoms with Crippen molar-refractivity contribution in [2.24, 2.45) is 5.92 Å². The lowest BCUT2D eigenvalue weighted by molar-refractivity contribution is -0.138. The summed E-state index contributed by atoms with van der Waals surface area (Å²) in [5, 5.41) is 8.84. The Hall–Kier alpha value is -1.38. The zero-order valence-corrected chi connectivity index (χ0v) is 10.3. The summed E-state index contributed by atoms with van der Waals surface area (Å²) in [6.07, 6.45) is 0.557. The minimum atomic E-state index is -0.825. The van der Waals surface area contributed by atoms with Crippen molar-refractivity contribution >= 4 is 5.97 Å². The van der Waals surface area contributed by atoms with Crippen LogP contribution >= 0.6 is 0 Å². The monoisotopic (exact) mass is 236 g/mol. The van der Waals surface area contributed by atoms with Crippen molar-refractivity contribution in [1.29, 1.82) is 0 Å². The molecule has 92 valence electrons. The molecule has 0 aliphatic heterocycles. The SMILES string of the molecule is CC(C)(C)c1ccc([C@H]2C[C@@H]2C(=O)O)c(F)c1. The molecule has 2 atom stereocenters. The van der Waals surface area contributed by atoms with Crippen molar-refractivity contribution in [2.45, 2.75) is 38.5 Å². The van der Waals surface area contributed by atoms with Crippen LogP contribution < -0.4 is 0 Å². The van der Waals surface area contributed by atoms with Gasteiger partial charge in [-0.25, -0.2) is 4.39 Å². The lowest BCUT2D eigenvalue weighted by Gasteiger charge is -2.19. The fraction of sp³-hybridized carbons (Fsp3) is 0.500. The van der Waals surface area contributed by atoms with Crippen LogP contribution in [0.5, 0.6) is 0 Å². The Kier molecular flexibility index (Phi) is 2.72. The predicted molar refractivity (Wildman–Crippen MR) is 63.6 cm³/mol. The van der Waals surface area contributed by atoms with Gasteiger partial charge in [0, 0.05) is 5.92 Å². The van der Waals surface area contributed by atoms with E-state index < -0.39 is 11.9 Å². The first kappa shape index (κ1) is 12.1. The summed E-state index contributed by atoms with van der Waals surface area (Å²) in [6, 6.07) is 5.17. The third-order valence-electron chi connectivity index (χ3n) is 3.37. The van der Waals surface area contributed by atoms with Crippen LogP contribution in [0.3, 0.4) is 0 Å². The van der Waals surface area contributed by atoms with Gasteiger partial charge in [0.1, 0.15) is 5.82 Å². The molecule has 2 nitrogen and oxygen atoms in total. The molecule has 1 aliphatic carbocycles. The second-order valence-corrected chi connectivity index (χ2v) is 5.77. The van der Waals surface area contributed by atoms with E-state index in [9.17, 15) is 9.18 Å². The third-order valence-corrected chi connectivity index (χ3v) is 3.37. The van der Waals surface area contributed by atoms with Crippen LogP contribution in [-0.4, -0.2) is 11.1 Å². The number of halogens is 1. The highest BCUT2D eigenvalue weighted by atomic mass is 19.1. The van der Waals surface area contributed by atoms with Crippen LogP contribution in [0, 0.1) is 11.7 Å². The van der Waals surface area contributed by atoms with Gasteiger partial charge in [0.25, 0.3) is 0 Å². The second-order valence-electron chi connectivity index (χ2n) is 5.77. The normalized spacial score (nSPS) is 23.5. The Morgan fingerprint density at radius 2 is 2.06 bits per heavy atom. The molecule has 1 aromatic rings. The molecule has 1 saturated carbocycles. The summed E-state index contributed by atoms with van der Waals surface area (Å²) in [4.78, 5) is 10.8. The molecule has 0 radical (unpaired) electrons. The maximum atomic E-state index is 13.9. The van der Waals surface area contributed by atoms with Crippen molar-refractivity contribution in [3.63, 3.8) is 0 Å². The van der Waals surface area contributed by atoms with Gasteiger partial charge in [0.2, 0.25) is 0 Å². The Labute approximate surface area is 100 Å². The van der Waals surface area contributed by atoms with E-state index in [1.807, 2.05) is 26.8 Å². The van der Waals surface area contributed by atoms with E-state index in [-0.39, 0.29) is 17.2 Å². The molecular formula is C14H17FO2. The smallest absolute Gasteiger partial charge is 0.307 e. The standard InChI is InChI=1S/C14H17FO2/c1-14(2,3)8-4-5-9(12(15)6-8)10-7-11(10)13(16)17/h4-6,10-11H,7H2,1-3H3,(H,16,17)/t10-,11+/m1/s1. The number of aliphatic carboxylic acids is 1. The molecule has 1 aliphatic rings. The Morgan fingerprint density at radius 1 is 1.41 bits per heavy atom. The van der Waals surface area contributed by atoms with Crippen LogP contribution in [-0.2, 0) is 10.2 Å². The van der Waals surface area contributed by atoms with Gasteiger partial charge in [0.15, 0.2) is 0 Å². The number of carboxylic acid groups (broad SMARTS) is 1. The first-order valence-electron chi connectivity index (χ1n) is 5.83. The second kappa shape index (κ2) is 3.83. The number of hydrogen-bond donors (Lipinski definition) is 1. The van der Waals surface area contributed by atoms with E-state index in [1.165, 1.54) is 6.07 Å². The number of carbonyl (C=O) groups is 1. The molecule has 0 bridgehead atoms. The van der Waals surface area contributed by atoms with E-state index in [2.05, 4.69) is 0 Å². The summed E-state index contributed by atoms with van der Waals surface area (Å²) in [6.45, 7) is 6.08. The molecular weight excluding hydrogens is 219 g/mol. The minimum absolute atomic E-state index is 0.0882. The number of hydrogen-bond acceptors (Lipinski definition) is 1. The number of rotatable bonds is 2. The van der Waals surface area contributed by atoms with E-state index in [1.54, 1.807) is 6.07 Å². The van der Waals surface area contributed by atoms with E-state index in [4.69, 9.17) is 5.11 Å². The average Bonchev–Trinajstić information content (AvgIpc) is 2.95. The molecule has 0 amide bonds. The quantitative estimate of drug-likeness (QED) is 0.855. The summed E-state index contributed by atoms with van der Waals surface area (Å²) < 4.78 is 13.9. The van der Waals surface area contributed by atoms with Gasteiger partial charge in [-0.05, 0) is 29.0 Å². The van der Waals surface area contributed by atoms with Crippen molar-refractivity contribution in [1.82, 2.24) is 0 Å². The summed E-state index contributed by atoms with van der Waals surface area (Å²) >= 11 is 0. The van der Waals surface area contributed by atoms with Crippen molar-refractivity contribution < 1.29 is 14.3 Å². The molecule has 17 heavy (non-hydrogen) atoms. The zero-order valence-electron chi connectivity index (χ0n) is 10.3. The molecule has 0 aromatic heterocycles. The molecule has 1 N–H and O–H groups in total. The Morgan fingerprint density at radius 3 is 2.47 bits per heavy atom. The third kappa shape index (κ3) is 2.33. The molecule has 0 heterocycles. The summed E-state index contributed by atoms with van der Waals surface area (Å²) in [7, 11) is 0. The van der Waals surface area contributed by atoms with Crippen LogP contribution in [0.2, 0.25) is 0 Å². The van der Waals surface area contributed by atoms with Gasteiger partial charge in [-0.3, -0.25) is 4.79 Å². The number of benzene rings is 1. The fourth-order valence-electron chi connectivity index (χ4n) is 2.11. The van der Waals surface area contributed by atoms with Gasteiger partial charge in [-0.2, -0.15) is 0 Å². The van der Waals surface area contributed by atoms with E-state index in [0.717, 1.165) is 5.56 Å². The molecule has 0 saturated heterocycles. The zero-order chi connectivity index (χ0) is 12.8. The first-order valence-corrected chi connectivity index (χ1v) is 5.83. The molecule has 1 fully saturated rings. The molecule has 2 rings (SSSR count). The van der Waals surface area contributed by atoms with E-state index >= 15 is 0 Å². The topological polar surface area (TPSA) is 37.3 Å². The van der Waals surface area contributed by atoms with Crippen molar-refractivity contribution in [2.75, 3.05) is 0 Å². The van der Waals surface area contributed by atoms with Crippen molar-refractivity contribution in [3.8, 4) is 0 Å². The summed E-state index contributed by atoms with van der Waals surface area (Å²) in [5.41, 5.74) is 1.39. The summed E-state index contributed by atoms with van der Waals surface area (Å²) in [5.74, 6) is -1.63. The fourth-order valence-corrected chi connectivity index (χ4v) is 2.11. The lowest BCUT2D eigenvalue weighted by atomic mass is 9.86. The van der Waals surface area contributed by atoms with Gasteiger partial charge < -0.3 is 5.11 Å². The van der Waals surface area contributed by atoms with Crippen LogP contribution in [0.15, 0.2) is 18.2 Å². The highest BCUT2D eigenvalue weighted by Crippen LogP contribution is 2.48. The number of carboxylic acids is 1. The highest BCUT2D eigenvalue weighted by molar-refractivity contribution is 5.75. The minimum Gasteiger partial charge on any atom is -0.481 e. The maximum Gasteiger partial charge on any atom is 0.307 e. The largest absolute Gasteiger partial charge is 0.481 e. The van der Waals surface area contributed by atoms with E-state index in [0.29, 0.717) is 12.0 Å². The Balaban J connectivity index is 2.25. The van der Waals surface area contributed by atoms with Gasteiger partial charge in [-0.1, -0.05) is 32.9 Å². The Bertz CT molecular complexity index is 460. The highest BCUT2D eigenvalue weighted by Gasteiger charge is 2.45. The molecule has 3 heteroatoms. The van der Waals surface area contributed by atoms with Gasteiger partial charge in [-0.15, -0.1) is 0 Å². The van der Waals surface area contributed by atoms with Gasteiger partial charge in [0.05, 0.1) is 5.92 Å². The lowest BCUT2D eigenvalue weighted by Crippen LogP contribution is -2.11. The van der Waals surface area contributed by atoms with Gasteiger partial charge >= 0.3 is 5.97 Å². The molecule has 0 unspecified atom stereocenters. The molecule has 0 spiro atoms. The first-order chi connectivity index (χ1) is 7.80.